The highest BCUT2D eigenvalue weighted by molar-refractivity contribution is 7.12. The number of aliphatic hydroxyl groups is 1. The highest BCUT2D eigenvalue weighted by atomic mass is 32.1. The largest absolute Gasteiger partial charge is 0.495 e. The van der Waals surface area contributed by atoms with E-state index in [9.17, 15) is 9.59 Å². The minimum Gasteiger partial charge on any atom is -0.495 e. The van der Waals surface area contributed by atoms with Gasteiger partial charge in [0.1, 0.15) is 16.7 Å². The first-order valence-corrected chi connectivity index (χ1v) is 5.74. The van der Waals surface area contributed by atoms with Gasteiger partial charge in [-0.15, -0.1) is 11.3 Å². The molecule has 0 aliphatic carbocycles. The van der Waals surface area contributed by atoms with Crippen LogP contribution in [0.1, 0.15) is 16.1 Å². The first-order valence-electron chi connectivity index (χ1n) is 4.86. The van der Waals surface area contributed by atoms with Crippen molar-refractivity contribution in [3.05, 3.63) is 16.3 Å². The third-order valence-corrected chi connectivity index (χ3v) is 2.97. The van der Waals surface area contributed by atoms with Gasteiger partial charge in [-0.05, 0) is 11.4 Å². The Hall–Kier alpha value is -1.60. The van der Waals surface area contributed by atoms with Gasteiger partial charge in [0.2, 0.25) is 0 Å². The van der Waals surface area contributed by atoms with E-state index in [1.54, 1.807) is 11.4 Å². The number of amides is 1. The van der Waals surface area contributed by atoms with Gasteiger partial charge in [-0.2, -0.15) is 0 Å². The summed E-state index contributed by atoms with van der Waals surface area (Å²) in [6.07, 6.45) is -0.0330. The van der Waals surface area contributed by atoms with E-state index in [0.29, 0.717) is 10.6 Å². The van der Waals surface area contributed by atoms with Crippen LogP contribution in [0, 0.1) is 0 Å². The van der Waals surface area contributed by atoms with Gasteiger partial charge < -0.3 is 20.3 Å². The predicted octanol–water partition coefficient (Wildman–Crippen LogP) is 0.322. The lowest BCUT2D eigenvalue weighted by molar-refractivity contribution is -0.139. The van der Waals surface area contributed by atoms with Gasteiger partial charge in [-0.3, -0.25) is 4.79 Å². The van der Waals surface area contributed by atoms with Crippen molar-refractivity contribution < 1.29 is 24.5 Å². The smallest absolute Gasteiger partial charge is 0.326 e. The molecule has 0 radical (unpaired) electrons. The number of carbonyl (C=O) groups is 2. The maximum absolute atomic E-state index is 11.7. The van der Waals surface area contributed by atoms with E-state index in [1.807, 2.05) is 0 Å². The minimum absolute atomic E-state index is 0.0330. The summed E-state index contributed by atoms with van der Waals surface area (Å²) in [5.41, 5.74) is 0. The Labute approximate surface area is 102 Å². The van der Waals surface area contributed by atoms with Gasteiger partial charge in [0.25, 0.3) is 5.91 Å². The van der Waals surface area contributed by atoms with Crippen molar-refractivity contribution >= 4 is 23.2 Å². The SMILES string of the molecule is COc1ccsc1C(=O)N[C@H](CCO)C(=O)O. The number of methoxy groups -OCH3 is 1. The molecule has 0 unspecified atom stereocenters. The van der Waals surface area contributed by atoms with E-state index in [-0.39, 0.29) is 13.0 Å². The molecule has 1 aromatic heterocycles. The van der Waals surface area contributed by atoms with E-state index in [2.05, 4.69) is 5.32 Å². The van der Waals surface area contributed by atoms with Crippen LogP contribution in [0.2, 0.25) is 0 Å². The first kappa shape index (κ1) is 13.5. The van der Waals surface area contributed by atoms with Crippen LogP contribution in [0.5, 0.6) is 5.75 Å². The van der Waals surface area contributed by atoms with Crippen molar-refractivity contribution in [2.75, 3.05) is 13.7 Å². The summed E-state index contributed by atoms with van der Waals surface area (Å²) in [5.74, 6) is -1.29. The summed E-state index contributed by atoms with van der Waals surface area (Å²) < 4.78 is 4.96. The topological polar surface area (TPSA) is 95.9 Å². The van der Waals surface area contributed by atoms with Crippen molar-refractivity contribution in [3.8, 4) is 5.75 Å². The molecule has 1 heterocycles. The Morgan fingerprint density at radius 1 is 1.59 bits per heavy atom. The summed E-state index contributed by atoms with van der Waals surface area (Å²) in [4.78, 5) is 22.9. The van der Waals surface area contributed by atoms with E-state index in [0.717, 1.165) is 11.3 Å². The van der Waals surface area contributed by atoms with Crippen LogP contribution in [0.3, 0.4) is 0 Å². The minimum atomic E-state index is -1.18. The molecular weight excluding hydrogens is 246 g/mol. The summed E-state index contributed by atoms with van der Waals surface area (Å²) in [6, 6.07) is 0.529. The number of hydrogen-bond donors (Lipinski definition) is 3. The molecule has 0 saturated heterocycles. The van der Waals surface area contributed by atoms with Gasteiger partial charge in [0.15, 0.2) is 0 Å². The lowest BCUT2D eigenvalue weighted by Crippen LogP contribution is -2.41. The number of aliphatic hydroxyl groups excluding tert-OH is 1. The number of ether oxygens (including phenoxy) is 1. The maximum atomic E-state index is 11.7. The summed E-state index contributed by atoms with van der Waals surface area (Å²) in [7, 11) is 1.43. The number of thiophene rings is 1. The molecule has 17 heavy (non-hydrogen) atoms. The second-order valence-corrected chi connectivity index (χ2v) is 4.11. The molecule has 0 saturated carbocycles. The lowest BCUT2D eigenvalue weighted by Gasteiger charge is -2.12. The molecule has 0 spiro atoms. The normalized spacial score (nSPS) is 11.9. The van der Waals surface area contributed by atoms with E-state index < -0.39 is 17.9 Å². The molecule has 0 aromatic carbocycles. The van der Waals surface area contributed by atoms with Crippen molar-refractivity contribution in [1.29, 1.82) is 0 Å². The fourth-order valence-corrected chi connectivity index (χ4v) is 2.00. The molecule has 1 rings (SSSR count). The Kier molecular flexibility index (Phi) is 4.92. The van der Waals surface area contributed by atoms with Gasteiger partial charge in [-0.25, -0.2) is 4.79 Å². The molecular formula is C10H13NO5S. The van der Waals surface area contributed by atoms with Crippen molar-refractivity contribution in [3.63, 3.8) is 0 Å². The number of hydrogen-bond acceptors (Lipinski definition) is 5. The second kappa shape index (κ2) is 6.21. The van der Waals surface area contributed by atoms with Crippen molar-refractivity contribution in [2.45, 2.75) is 12.5 Å². The van der Waals surface area contributed by atoms with Crippen LogP contribution in [0.4, 0.5) is 0 Å². The third kappa shape index (κ3) is 3.43. The quantitative estimate of drug-likeness (QED) is 0.684. The highest BCUT2D eigenvalue weighted by Gasteiger charge is 2.22. The van der Waals surface area contributed by atoms with Crippen molar-refractivity contribution in [2.24, 2.45) is 0 Å². The zero-order valence-corrected chi connectivity index (χ0v) is 9.99. The van der Waals surface area contributed by atoms with Gasteiger partial charge in [-0.1, -0.05) is 0 Å². The fourth-order valence-electron chi connectivity index (χ4n) is 1.23. The van der Waals surface area contributed by atoms with Crippen LogP contribution in [0.25, 0.3) is 0 Å². The van der Waals surface area contributed by atoms with E-state index >= 15 is 0 Å². The van der Waals surface area contributed by atoms with E-state index in [4.69, 9.17) is 14.9 Å². The molecule has 6 nitrogen and oxygen atoms in total. The van der Waals surface area contributed by atoms with Crippen LogP contribution in [-0.4, -0.2) is 41.8 Å². The second-order valence-electron chi connectivity index (χ2n) is 3.19. The monoisotopic (exact) mass is 259 g/mol. The van der Waals surface area contributed by atoms with Gasteiger partial charge in [0, 0.05) is 13.0 Å². The summed E-state index contributed by atoms with van der Waals surface area (Å²) >= 11 is 1.16. The Morgan fingerprint density at radius 2 is 2.29 bits per heavy atom. The fraction of sp³-hybridized carbons (Fsp3) is 0.400. The van der Waals surface area contributed by atoms with Crippen LogP contribution >= 0.6 is 11.3 Å². The molecule has 1 atom stereocenters. The first-order chi connectivity index (χ1) is 8.10. The number of carboxylic acids is 1. The molecule has 0 fully saturated rings. The van der Waals surface area contributed by atoms with Gasteiger partial charge >= 0.3 is 5.97 Å². The highest BCUT2D eigenvalue weighted by Crippen LogP contribution is 2.24. The number of carboxylic acid groups (broad SMARTS) is 1. The molecule has 0 aliphatic heterocycles. The molecule has 7 heteroatoms. The zero-order chi connectivity index (χ0) is 12.8. The number of rotatable bonds is 6. The van der Waals surface area contributed by atoms with Gasteiger partial charge in [0.05, 0.1) is 7.11 Å². The molecule has 1 aromatic rings. The molecule has 0 aliphatic rings. The average molecular weight is 259 g/mol. The molecule has 1 amide bonds. The number of nitrogens with one attached hydrogen (secondary N) is 1. The predicted molar refractivity (Wildman–Crippen MR) is 61.5 cm³/mol. The summed E-state index contributed by atoms with van der Waals surface area (Å²) in [6.45, 7) is -0.307. The number of carbonyl (C=O) groups excluding carboxylic acids is 1. The molecule has 0 bridgehead atoms. The Morgan fingerprint density at radius 3 is 2.82 bits per heavy atom. The molecule has 94 valence electrons. The average Bonchev–Trinajstić information content (AvgIpc) is 2.76. The van der Waals surface area contributed by atoms with E-state index in [1.165, 1.54) is 7.11 Å². The summed E-state index contributed by atoms with van der Waals surface area (Å²) in [5, 5.41) is 21.5. The van der Waals surface area contributed by atoms with Crippen LogP contribution in [-0.2, 0) is 4.79 Å². The maximum Gasteiger partial charge on any atom is 0.326 e. The Bertz CT molecular complexity index is 403. The third-order valence-electron chi connectivity index (χ3n) is 2.08. The zero-order valence-electron chi connectivity index (χ0n) is 9.17. The van der Waals surface area contributed by atoms with Crippen LogP contribution in [0.15, 0.2) is 11.4 Å². The standard InChI is InChI=1S/C10H13NO5S/c1-16-7-3-5-17-8(7)9(13)11-6(2-4-12)10(14)15/h3,5-6,12H,2,4H2,1H3,(H,11,13)(H,14,15)/t6-/m1/s1. The lowest BCUT2D eigenvalue weighted by atomic mass is 10.2. The van der Waals surface area contributed by atoms with Crippen LogP contribution < -0.4 is 10.1 Å². The van der Waals surface area contributed by atoms with Crippen molar-refractivity contribution in [1.82, 2.24) is 5.32 Å². The Balaban J connectivity index is 2.73. The number of aliphatic carboxylic acids is 1. The molecule has 3 N–H and O–H groups in total.